The van der Waals surface area contributed by atoms with Gasteiger partial charge in [0.25, 0.3) is 10.0 Å². The quantitative estimate of drug-likeness (QED) is 0.588. The molecule has 0 bridgehead atoms. The normalized spacial score (nSPS) is 12.2. The van der Waals surface area contributed by atoms with Crippen molar-refractivity contribution in [3.63, 3.8) is 0 Å². The summed E-state index contributed by atoms with van der Waals surface area (Å²) in [6.45, 7) is 3.48. The maximum absolute atomic E-state index is 12.6. The fourth-order valence-corrected chi connectivity index (χ4v) is 4.66. The summed E-state index contributed by atoms with van der Waals surface area (Å²) in [4.78, 5) is 12.4. The lowest BCUT2D eigenvalue weighted by Crippen LogP contribution is -2.44. The van der Waals surface area contributed by atoms with Crippen LogP contribution in [-0.4, -0.2) is 34.6 Å². The molecule has 0 aliphatic carbocycles. The van der Waals surface area contributed by atoms with Gasteiger partial charge in [0, 0.05) is 5.56 Å². The Morgan fingerprint density at radius 2 is 1.74 bits per heavy atom. The minimum Gasteiger partial charge on any atom is -0.497 e. The van der Waals surface area contributed by atoms with Crippen molar-refractivity contribution in [3.8, 4) is 17.6 Å². The molecule has 0 aliphatic rings. The zero-order chi connectivity index (χ0) is 20.0. The largest absolute Gasteiger partial charge is 0.497 e. The second-order valence-corrected chi connectivity index (χ2v) is 8.99. The van der Waals surface area contributed by atoms with Crippen molar-refractivity contribution in [2.45, 2.75) is 24.1 Å². The highest BCUT2D eigenvalue weighted by atomic mass is 32.2. The van der Waals surface area contributed by atoms with Crippen LogP contribution in [0.3, 0.4) is 0 Å². The highest BCUT2D eigenvalue weighted by Crippen LogP contribution is 2.22. The molecule has 1 aromatic heterocycles. The van der Waals surface area contributed by atoms with Crippen molar-refractivity contribution in [1.29, 1.82) is 0 Å². The number of benzene rings is 1. The molecule has 0 aliphatic heterocycles. The summed E-state index contributed by atoms with van der Waals surface area (Å²) in [5, 5.41) is 0. The average Bonchev–Trinajstić information content (AvgIpc) is 3.14. The number of ether oxygens (including phenoxy) is 2. The lowest BCUT2D eigenvalue weighted by molar-refractivity contribution is -0.143. The van der Waals surface area contributed by atoms with Gasteiger partial charge < -0.3 is 9.47 Å². The molecule has 1 N–H and O–H groups in total. The molecule has 2 rings (SSSR count). The first-order chi connectivity index (χ1) is 12.8. The van der Waals surface area contributed by atoms with Gasteiger partial charge in [-0.15, -0.1) is 11.3 Å². The predicted octanol–water partition coefficient (Wildman–Crippen LogP) is 2.63. The molecule has 0 radical (unpaired) electrons. The van der Waals surface area contributed by atoms with Crippen LogP contribution in [0.2, 0.25) is 0 Å². The van der Waals surface area contributed by atoms with Crippen molar-refractivity contribution < 1.29 is 22.7 Å². The van der Waals surface area contributed by atoms with Crippen molar-refractivity contribution in [2.24, 2.45) is 5.92 Å². The second-order valence-electron chi connectivity index (χ2n) is 5.96. The number of carbonyl (C=O) groups excluding carboxylic acids is 1. The molecule has 8 heteroatoms. The Morgan fingerprint density at radius 1 is 1.07 bits per heavy atom. The number of hydrogen-bond donors (Lipinski definition) is 1. The summed E-state index contributed by atoms with van der Waals surface area (Å²) < 4.78 is 37.4. The summed E-state index contributed by atoms with van der Waals surface area (Å²) in [5.74, 6) is 5.79. The summed E-state index contributed by atoms with van der Waals surface area (Å²) in [5.41, 5.74) is 0.789. The van der Waals surface area contributed by atoms with E-state index in [0.717, 1.165) is 22.6 Å². The van der Waals surface area contributed by atoms with Gasteiger partial charge in [-0.25, -0.2) is 8.42 Å². The van der Waals surface area contributed by atoms with E-state index >= 15 is 0 Å². The van der Waals surface area contributed by atoms with Gasteiger partial charge in [-0.1, -0.05) is 25.7 Å². The first kappa shape index (κ1) is 21.0. The zero-order valence-corrected chi connectivity index (χ0v) is 17.1. The van der Waals surface area contributed by atoms with Gasteiger partial charge >= 0.3 is 5.97 Å². The standard InChI is InChI=1S/C19H21NO5S2/c1-13(2)18(19(21)25-4)20-27(22,23)17-12-11-16(26-17)10-7-14-5-8-15(24-3)9-6-14/h5-6,8-9,11-13,18,20H,1-4H3/t18-/m1/s1. The molecule has 0 saturated carbocycles. The van der Waals surface area contributed by atoms with Crippen molar-refractivity contribution in [1.82, 2.24) is 4.72 Å². The van der Waals surface area contributed by atoms with Crippen LogP contribution in [0.15, 0.2) is 40.6 Å². The minimum atomic E-state index is -3.85. The fraction of sp³-hybridized carbons (Fsp3) is 0.316. The van der Waals surface area contributed by atoms with Crippen LogP contribution in [0.5, 0.6) is 5.75 Å². The Balaban J connectivity index is 2.18. The van der Waals surface area contributed by atoms with E-state index in [9.17, 15) is 13.2 Å². The van der Waals surface area contributed by atoms with Gasteiger partial charge in [-0.05, 0) is 42.3 Å². The number of nitrogens with one attached hydrogen (secondary N) is 1. The van der Waals surface area contributed by atoms with E-state index < -0.39 is 22.0 Å². The van der Waals surface area contributed by atoms with Gasteiger partial charge in [-0.2, -0.15) is 4.72 Å². The van der Waals surface area contributed by atoms with Crippen LogP contribution in [-0.2, 0) is 19.6 Å². The summed E-state index contributed by atoms with van der Waals surface area (Å²) in [6.07, 6.45) is 0. The van der Waals surface area contributed by atoms with E-state index in [-0.39, 0.29) is 10.1 Å². The van der Waals surface area contributed by atoms with Crippen molar-refractivity contribution in [2.75, 3.05) is 14.2 Å². The second kappa shape index (κ2) is 9.04. The van der Waals surface area contributed by atoms with E-state index in [1.807, 2.05) is 12.1 Å². The summed E-state index contributed by atoms with van der Waals surface area (Å²) >= 11 is 1.04. The van der Waals surface area contributed by atoms with Gasteiger partial charge in [0.15, 0.2) is 0 Å². The number of sulfonamides is 1. The highest BCUT2D eigenvalue weighted by molar-refractivity contribution is 7.91. The first-order valence-corrected chi connectivity index (χ1v) is 10.4. The SMILES string of the molecule is COC(=O)[C@H](NS(=O)(=O)c1ccc(C#Cc2ccc(OC)cc2)s1)C(C)C. The monoisotopic (exact) mass is 407 g/mol. The van der Waals surface area contributed by atoms with Crippen LogP contribution in [0.25, 0.3) is 0 Å². The number of carbonyl (C=O) groups is 1. The van der Waals surface area contributed by atoms with Gasteiger partial charge in [-0.3, -0.25) is 4.79 Å². The number of rotatable bonds is 6. The molecule has 0 amide bonds. The van der Waals surface area contributed by atoms with Gasteiger partial charge in [0.05, 0.1) is 19.1 Å². The molecule has 0 fully saturated rings. The van der Waals surface area contributed by atoms with E-state index in [1.54, 1.807) is 39.2 Å². The Labute approximate surface area is 163 Å². The Morgan fingerprint density at radius 3 is 2.30 bits per heavy atom. The minimum absolute atomic E-state index is 0.0936. The lowest BCUT2D eigenvalue weighted by Gasteiger charge is -2.19. The average molecular weight is 408 g/mol. The van der Waals surface area contributed by atoms with Crippen LogP contribution >= 0.6 is 11.3 Å². The number of hydrogen-bond acceptors (Lipinski definition) is 6. The molecule has 0 unspecified atom stereocenters. The third-order valence-electron chi connectivity index (χ3n) is 3.67. The zero-order valence-electron chi connectivity index (χ0n) is 15.5. The Hall–Kier alpha value is -2.34. The molecule has 1 atom stereocenters. The number of esters is 1. The predicted molar refractivity (Wildman–Crippen MR) is 104 cm³/mol. The molecule has 27 heavy (non-hydrogen) atoms. The molecule has 1 aromatic carbocycles. The Kier molecular flexibility index (Phi) is 7.02. The molecular formula is C19H21NO5S2. The fourth-order valence-electron chi connectivity index (χ4n) is 2.15. The van der Waals surface area contributed by atoms with Crippen molar-refractivity contribution in [3.05, 3.63) is 46.8 Å². The smallest absolute Gasteiger partial charge is 0.324 e. The molecule has 0 spiro atoms. The highest BCUT2D eigenvalue weighted by Gasteiger charge is 2.29. The summed E-state index contributed by atoms with van der Waals surface area (Å²) in [6, 6.07) is 9.41. The van der Waals surface area contributed by atoms with Crippen LogP contribution < -0.4 is 9.46 Å². The molecular weight excluding hydrogens is 386 g/mol. The molecule has 1 heterocycles. The summed E-state index contributed by atoms with van der Waals surface area (Å²) in [7, 11) is -1.03. The van der Waals surface area contributed by atoms with Gasteiger partial charge in [0.2, 0.25) is 0 Å². The molecule has 144 valence electrons. The third kappa shape index (κ3) is 5.57. The van der Waals surface area contributed by atoms with E-state index in [4.69, 9.17) is 4.74 Å². The number of methoxy groups -OCH3 is 2. The topological polar surface area (TPSA) is 81.7 Å². The van der Waals surface area contributed by atoms with Crippen LogP contribution in [0, 0.1) is 17.8 Å². The van der Waals surface area contributed by atoms with Crippen molar-refractivity contribution >= 4 is 27.3 Å². The first-order valence-electron chi connectivity index (χ1n) is 8.13. The lowest BCUT2D eigenvalue weighted by atomic mass is 10.1. The van der Waals surface area contributed by atoms with Gasteiger partial charge in [0.1, 0.15) is 16.0 Å². The van der Waals surface area contributed by atoms with Crippen LogP contribution in [0.4, 0.5) is 0 Å². The molecule has 6 nitrogen and oxygen atoms in total. The van der Waals surface area contributed by atoms with Crippen LogP contribution in [0.1, 0.15) is 24.3 Å². The molecule has 0 saturated heterocycles. The molecule has 2 aromatic rings. The van der Waals surface area contributed by atoms with E-state index in [0.29, 0.717) is 4.88 Å². The maximum atomic E-state index is 12.6. The van der Waals surface area contributed by atoms with E-state index in [2.05, 4.69) is 21.3 Å². The number of thiophene rings is 1. The Bertz CT molecular complexity index is 950. The van der Waals surface area contributed by atoms with E-state index in [1.165, 1.54) is 13.2 Å². The third-order valence-corrected chi connectivity index (χ3v) is 6.60. The maximum Gasteiger partial charge on any atom is 0.324 e.